The summed E-state index contributed by atoms with van der Waals surface area (Å²) >= 11 is 0. The third kappa shape index (κ3) is 3.56. The van der Waals surface area contributed by atoms with Gasteiger partial charge in [-0.05, 0) is 26.2 Å². The van der Waals surface area contributed by atoms with Crippen LogP contribution in [0, 0.1) is 0 Å². The molecule has 2 rings (SSSR count). The number of aromatic amines is 1. The van der Waals surface area contributed by atoms with Gasteiger partial charge in [-0.25, -0.2) is 8.42 Å². The van der Waals surface area contributed by atoms with Crippen LogP contribution in [0.25, 0.3) is 0 Å². The van der Waals surface area contributed by atoms with Crippen LogP contribution in [0.15, 0.2) is 4.90 Å². The molecule has 1 aliphatic heterocycles. The Morgan fingerprint density at radius 2 is 2.10 bits per heavy atom. The normalized spacial score (nSPS) is 18.4. The van der Waals surface area contributed by atoms with Gasteiger partial charge in [0.25, 0.3) is 15.0 Å². The molecular weight excluding hydrogens is 318 g/mol. The van der Waals surface area contributed by atoms with Gasteiger partial charge in [0, 0.05) is 29.4 Å². The van der Waals surface area contributed by atoms with Crippen LogP contribution in [0.2, 0.25) is 0 Å². The standard InChI is InChI=1S/C12H18ClN3O4S/c1-3-8-10(21(13,18)19)9(16-15-8)11(17)14-12(2)4-6-20-7-5-12/h3-7H2,1-2H3,(H,14,17)(H,15,16). The molecule has 0 unspecified atom stereocenters. The number of hydrogen-bond acceptors (Lipinski definition) is 5. The Bertz CT molecular complexity index is 635. The lowest BCUT2D eigenvalue weighted by Gasteiger charge is -2.34. The molecule has 1 fully saturated rings. The Morgan fingerprint density at radius 3 is 2.62 bits per heavy atom. The number of aryl methyl sites for hydroxylation is 1. The van der Waals surface area contributed by atoms with Gasteiger partial charge >= 0.3 is 0 Å². The lowest BCUT2D eigenvalue weighted by Crippen LogP contribution is -2.49. The molecule has 0 radical (unpaired) electrons. The number of hydrogen-bond donors (Lipinski definition) is 2. The van der Waals surface area contributed by atoms with E-state index in [4.69, 9.17) is 15.4 Å². The van der Waals surface area contributed by atoms with E-state index in [0.29, 0.717) is 38.2 Å². The topological polar surface area (TPSA) is 101 Å². The van der Waals surface area contributed by atoms with Crippen LogP contribution in [0.3, 0.4) is 0 Å². The fraction of sp³-hybridized carbons (Fsp3) is 0.667. The van der Waals surface area contributed by atoms with Crippen molar-refractivity contribution in [3.8, 4) is 0 Å². The second-order valence-electron chi connectivity index (χ2n) is 5.30. The summed E-state index contributed by atoms with van der Waals surface area (Å²) in [5, 5.41) is 9.22. The van der Waals surface area contributed by atoms with E-state index in [1.165, 1.54) is 0 Å². The number of ether oxygens (including phenoxy) is 1. The maximum absolute atomic E-state index is 12.4. The smallest absolute Gasteiger partial charge is 0.273 e. The Labute approximate surface area is 127 Å². The molecule has 0 bridgehead atoms. The number of rotatable bonds is 4. The molecule has 0 spiro atoms. The summed E-state index contributed by atoms with van der Waals surface area (Å²) in [7, 11) is 1.38. The predicted octanol–water partition coefficient (Wildman–Crippen LogP) is 1.20. The molecule has 1 amide bonds. The molecule has 118 valence electrons. The van der Waals surface area contributed by atoms with Gasteiger partial charge < -0.3 is 10.1 Å². The second-order valence-corrected chi connectivity index (χ2v) is 7.80. The number of halogens is 1. The average molecular weight is 336 g/mol. The summed E-state index contributed by atoms with van der Waals surface area (Å²) in [5.41, 5.74) is -0.296. The number of nitrogens with one attached hydrogen (secondary N) is 2. The maximum atomic E-state index is 12.4. The van der Waals surface area contributed by atoms with Gasteiger partial charge in [0.2, 0.25) is 0 Å². The predicted molar refractivity (Wildman–Crippen MR) is 76.9 cm³/mol. The molecule has 1 aromatic rings. The molecule has 9 heteroatoms. The van der Waals surface area contributed by atoms with Crippen molar-refractivity contribution in [3.63, 3.8) is 0 Å². The first-order valence-electron chi connectivity index (χ1n) is 6.69. The van der Waals surface area contributed by atoms with E-state index >= 15 is 0 Å². The molecule has 0 aliphatic carbocycles. The lowest BCUT2D eigenvalue weighted by molar-refractivity contribution is 0.0420. The van der Waals surface area contributed by atoms with Crippen molar-refractivity contribution in [2.24, 2.45) is 0 Å². The summed E-state index contributed by atoms with van der Waals surface area (Å²) in [5.74, 6) is -0.547. The molecule has 0 aromatic carbocycles. The highest BCUT2D eigenvalue weighted by Gasteiger charge is 2.33. The van der Waals surface area contributed by atoms with Crippen LogP contribution in [0.5, 0.6) is 0 Å². The summed E-state index contributed by atoms with van der Waals surface area (Å²) in [6.45, 7) is 4.76. The maximum Gasteiger partial charge on any atom is 0.273 e. The first kappa shape index (κ1) is 16.3. The monoisotopic (exact) mass is 335 g/mol. The van der Waals surface area contributed by atoms with Crippen LogP contribution >= 0.6 is 10.7 Å². The summed E-state index contributed by atoms with van der Waals surface area (Å²) in [6, 6.07) is 0. The first-order valence-corrected chi connectivity index (χ1v) is 9.00. The largest absolute Gasteiger partial charge is 0.381 e. The molecule has 2 heterocycles. The summed E-state index contributed by atoms with van der Waals surface area (Å²) < 4.78 is 28.6. The van der Waals surface area contributed by atoms with Crippen molar-refractivity contribution < 1.29 is 17.9 Å². The zero-order valence-electron chi connectivity index (χ0n) is 11.9. The van der Waals surface area contributed by atoms with E-state index in [2.05, 4.69) is 15.5 Å². The number of carbonyl (C=O) groups is 1. The van der Waals surface area contributed by atoms with E-state index in [0.717, 1.165) is 0 Å². The minimum atomic E-state index is -4.05. The van der Waals surface area contributed by atoms with Gasteiger partial charge in [-0.3, -0.25) is 9.89 Å². The average Bonchev–Trinajstić information content (AvgIpc) is 2.82. The molecule has 2 N–H and O–H groups in total. The quantitative estimate of drug-likeness (QED) is 0.805. The Kier molecular flexibility index (Phi) is 4.60. The number of H-pyrrole nitrogens is 1. The molecule has 1 aliphatic rings. The van der Waals surface area contributed by atoms with Gasteiger partial charge in [-0.2, -0.15) is 5.10 Å². The number of aromatic nitrogens is 2. The Balaban J connectivity index is 2.30. The third-order valence-corrected chi connectivity index (χ3v) is 5.01. The van der Waals surface area contributed by atoms with Gasteiger partial charge in [0.05, 0.1) is 5.69 Å². The molecule has 0 atom stereocenters. The van der Waals surface area contributed by atoms with Crippen molar-refractivity contribution >= 4 is 25.6 Å². The minimum Gasteiger partial charge on any atom is -0.381 e. The first-order chi connectivity index (χ1) is 9.77. The van der Waals surface area contributed by atoms with E-state index < -0.39 is 20.5 Å². The minimum absolute atomic E-state index is 0.186. The van der Waals surface area contributed by atoms with Crippen LogP contribution in [-0.2, 0) is 20.2 Å². The Morgan fingerprint density at radius 1 is 1.48 bits per heavy atom. The lowest BCUT2D eigenvalue weighted by atomic mass is 9.92. The van der Waals surface area contributed by atoms with E-state index in [1.807, 2.05) is 6.92 Å². The third-order valence-electron chi connectivity index (χ3n) is 3.62. The van der Waals surface area contributed by atoms with Crippen LogP contribution in [0.1, 0.15) is 42.9 Å². The van der Waals surface area contributed by atoms with Crippen molar-refractivity contribution in [2.75, 3.05) is 13.2 Å². The number of nitrogens with zero attached hydrogens (tertiary/aromatic N) is 1. The van der Waals surface area contributed by atoms with E-state index in [1.54, 1.807) is 6.92 Å². The zero-order valence-corrected chi connectivity index (χ0v) is 13.5. The van der Waals surface area contributed by atoms with Gasteiger partial charge in [0.1, 0.15) is 4.90 Å². The van der Waals surface area contributed by atoms with Crippen LogP contribution in [0.4, 0.5) is 0 Å². The van der Waals surface area contributed by atoms with Crippen molar-refractivity contribution in [2.45, 2.75) is 43.5 Å². The van der Waals surface area contributed by atoms with Crippen molar-refractivity contribution in [1.82, 2.24) is 15.5 Å². The van der Waals surface area contributed by atoms with Gasteiger partial charge in [-0.15, -0.1) is 0 Å². The SMILES string of the molecule is CCc1[nH]nc(C(=O)NC2(C)CCOCC2)c1S(=O)(=O)Cl. The number of carbonyl (C=O) groups excluding carboxylic acids is 1. The highest BCUT2D eigenvalue weighted by Crippen LogP contribution is 2.25. The fourth-order valence-corrected chi connectivity index (χ4v) is 3.66. The van der Waals surface area contributed by atoms with E-state index in [9.17, 15) is 13.2 Å². The molecule has 1 aromatic heterocycles. The molecular formula is C12H18ClN3O4S. The van der Waals surface area contributed by atoms with Crippen molar-refractivity contribution in [1.29, 1.82) is 0 Å². The number of amides is 1. The second kappa shape index (κ2) is 5.94. The highest BCUT2D eigenvalue weighted by atomic mass is 35.7. The highest BCUT2D eigenvalue weighted by molar-refractivity contribution is 8.13. The van der Waals surface area contributed by atoms with Crippen LogP contribution in [-0.4, -0.2) is 43.3 Å². The van der Waals surface area contributed by atoms with Crippen molar-refractivity contribution in [3.05, 3.63) is 11.4 Å². The van der Waals surface area contributed by atoms with E-state index in [-0.39, 0.29) is 10.6 Å². The molecule has 7 nitrogen and oxygen atoms in total. The molecule has 0 saturated carbocycles. The fourth-order valence-electron chi connectivity index (χ4n) is 2.30. The summed E-state index contributed by atoms with van der Waals surface area (Å²) in [6.07, 6.45) is 1.70. The zero-order chi connectivity index (χ0) is 15.7. The van der Waals surface area contributed by atoms with Gasteiger partial charge in [-0.1, -0.05) is 6.92 Å². The molecule has 21 heavy (non-hydrogen) atoms. The van der Waals surface area contributed by atoms with Crippen LogP contribution < -0.4 is 5.32 Å². The Hall–Kier alpha value is -1.12. The summed E-state index contributed by atoms with van der Waals surface area (Å²) in [4.78, 5) is 12.1. The molecule has 1 saturated heterocycles. The van der Waals surface area contributed by atoms with Gasteiger partial charge in [0.15, 0.2) is 5.69 Å².